The Morgan fingerprint density at radius 3 is 2.65 bits per heavy atom. The molecule has 5 rings (SSSR count). The van der Waals surface area contributed by atoms with Gasteiger partial charge in [0.15, 0.2) is 0 Å². The summed E-state index contributed by atoms with van der Waals surface area (Å²) in [6.45, 7) is 2.09. The molecular formula is C23H18ClFN4O2. The van der Waals surface area contributed by atoms with E-state index in [2.05, 4.69) is 10.4 Å². The van der Waals surface area contributed by atoms with Crippen LogP contribution in [0.3, 0.4) is 0 Å². The molecule has 0 saturated heterocycles. The Kier molecular flexibility index (Phi) is 4.75. The van der Waals surface area contributed by atoms with Gasteiger partial charge in [0.1, 0.15) is 22.9 Å². The smallest absolute Gasteiger partial charge is 0.258 e. The first-order valence-corrected chi connectivity index (χ1v) is 10.1. The lowest BCUT2D eigenvalue weighted by molar-refractivity contribution is 0.0651. The van der Waals surface area contributed by atoms with Gasteiger partial charge in [0.05, 0.1) is 35.3 Å². The molecular weight excluding hydrogens is 419 g/mol. The molecule has 31 heavy (non-hydrogen) atoms. The van der Waals surface area contributed by atoms with Gasteiger partial charge < -0.3 is 14.6 Å². The number of halogens is 2. The summed E-state index contributed by atoms with van der Waals surface area (Å²) in [5.41, 5.74) is 3.24. The normalized spacial score (nSPS) is 15.6. The zero-order valence-corrected chi connectivity index (χ0v) is 17.3. The molecule has 0 saturated carbocycles. The summed E-state index contributed by atoms with van der Waals surface area (Å²) in [4.78, 5) is 15.1. The molecule has 0 aliphatic carbocycles. The molecule has 1 atom stereocenters. The molecule has 2 aromatic heterocycles. The second-order valence-corrected chi connectivity index (χ2v) is 7.64. The first kappa shape index (κ1) is 19.4. The molecule has 4 aromatic rings. The minimum absolute atomic E-state index is 0.138. The number of anilines is 1. The van der Waals surface area contributed by atoms with Crippen molar-refractivity contribution in [2.24, 2.45) is 0 Å². The summed E-state index contributed by atoms with van der Waals surface area (Å²) in [6.07, 6.45) is 1.01. The zero-order valence-electron chi connectivity index (χ0n) is 16.5. The Hall–Kier alpha value is -3.58. The fraction of sp³-hybridized carbons (Fsp3) is 0.130. The Morgan fingerprint density at radius 2 is 1.90 bits per heavy atom. The first-order chi connectivity index (χ1) is 15.0. The minimum atomic E-state index is -0.561. The molecule has 1 amide bonds. The summed E-state index contributed by atoms with van der Waals surface area (Å²) < 4.78 is 20.4. The summed E-state index contributed by atoms with van der Waals surface area (Å²) in [6, 6.07) is 16.9. The van der Waals surface area contributed by atoms with E-state index in [1.165, 1.54) is 12.1 Å². The van der Waals surface area contributed by atoms with Crippen molar-refractivity contribution in [2.75, 3.05) is 5.32 Å². The van der Waals surface area contributed by atoms with Crippen molar-refractivity contribution in [2.45, 2.75) is 19.6 Å². The third-order valence-electron chi connectivity index (χ3n) is 5.32. The van der Waals surface area contributed by atoms with Gasteiger partial charge in [-0.05, 0) is 55.5 Å². The van der Waals surface area contributed by atoms with Crippen molar-refractivity contribution in [3.63, 3.8) is 0 Å². The summed E-state index contributed by atoms with van der Waals surface area (Å²) >= 11 is 6.76. The fourth-order valence-electron chi connectivity index (χ4n) is 3.83. The lowest BCUT2D eigenvalue weighted by atomic mass is 10.0. The van der Waals surface area contributed by atoms with E-state index in [0.29, 0.717) is 33.4 Å². The van der Waals surface area contributed by atoms with Crippen LogP contribution >= 0.6 is 11.6 Å². The summed E-state index contributed by atoms with van der Waals surface area (Å²) in [5.74, 6) is 0.171. The molecule has 0 bridgehead atoms. The van der Waals surface area contributed by atoms with Crippen molar-refractivity contribution >= 4 is 23.2 Å². The molecule has 1 N–H and O–H groups in total. The van der Waals surface area contributed by atoms with Crippen molar-refractivity contribution in [1.82, 2.24) is 14.7 Å². The van der Waals surface area contributed by atoms with E-state index >= 15 is 0 Å². The van der Waals surface area contributed by atoms with Crippen LogP contribution in [0, 0.1) is 12.7 Å². The number of carbonyl (C=O) groups excluding carboxylic acids is 1. The number of benzene rings is 2. The molecule has 0 spiro atoms. The lowest BCUT2D eigenvalue weighted by Gasteiger charge is -2.37. The molecule has 3 heterocycles. The number of rotatable bonds is 4. The van der Waals surface area contributed by atoms with E-state index in [1.807, 2.05) is 31.2 Å². The second kappa shape index (κ2) is 7.59. The molecule has 8 heteroatoms. The van der Waals surface area contributed by atoms with E-state index in [9.17, 15) is 9.18 Å². The largest absolute Gasteiger partial charge is 0.467 e. The fourth-order valence-corrected chi connectivity index (χ4v) is 4.20. The van der Waals surface area contributed by atoms with E-state index in [-0.39, 0.29) is 18.3 Å². The van der Waals surface area contributed by atoms with Gasteiger partial charge in [-0.2, -0.15) is 5.10 Å². The van der Waals surface area contributed by atoms with Crippen LogP contribution in [0.15, 0.2) is 71.3 Å². The van der Waals surface area contributed by atoms with Gasteiger partial charge in [-0.1, -0.05) is 23.7 Å². The van der Waals surface area contributed by atoms with Gasteiger partial charge in [0.25, 0.3) is 5.91 Å². The van der Waals surface area contributed by atoms with Crippen molar-refractivity contribution in [3.05, 3.63) is 100 Å². The lowest BCUT2D eigenvalue weighted by Crippen LogP contribution is -2.42. The van der Waals surface area contributed by atoms with Crippen LogP contribution in [-0.2, 0) is 6.54 Å². The van der Waals surface area contributed by atoms with E-state index in [4.69, 9.17) is 16.0 Å². The summed E-state index contributed by atoms with van der Waals surface area (Å²) in [7, 11) is 0. The summed E-state index contributed by atoms with van der Waals surface area (Å²) in [5, 5.41) is 8.33. The third kappa shape index (κ3) is 3.37. The number of hydrogen-bond donors (Lipinski definition) is 1. The van der Waals surface area contributed by atoms with Gasteiger partial charge in [0, 0.05) is 5.69 Å². The standard InChI is InChI=1S/C23H18ClFN4O2/c1-14-20(21(24)29(27-14)16-10-8-15(25)9-11-16)22-26-19-7-3-2-6-18(19)23(30)28(22)13-17-5-4-12-31-17/h2-12,22,26H,13H2,1H3/t22-/m0/s1. The SMILES string of the molecule is Cc1nn(-c2ccc(F)cc2)c(Cl)c1[C@H]1Nc2ccccc2C(=O)N1Cc1ccco1. The molecule has 1 aliphatic rings. The maximum Gasteiger partial charge on any atom is 0.258 e. The number of aryl methyl sites for hydroxylation is 1. The van der Waals surface area contributed by atoms with E-state index < -0.39 is 6.17 Å². The van der Waals surface area contributed by atoms with Crippen LogP contribution in [0.2, 0.25) is 5.15 Å². The van der Waals surface area contributed by atoms with Crippen LogP contribution in [0.5, 0.6) is 0 Å². The van der Waals surface area contributed by atoms with Crippen molar-refractivity contribution in [1.29, 1.82) is 0 Å². The van der Waals surface area contributed by atoms with Crippen LogP contribution in [-0.4, -0.2) is 20.6 Å². The van der Waals surface area contributed by atoms with Crippen molar-refractivity contribution < 1.29 is 13.6 Å². The number of furan rings is 1. The Morgan fingerprint density at radius 1 is 1.13 bits per heavy atom. The molecule has 2 aromatic carbocycles. The molecule has 0 radical (unpaired) electrons. The molecule has 156 valence electrons. The molecule has 1 aliphatic heterocycles. The monoisotopic (exact) mass is 436 g/mol. The average Bonchev–Trinajstić information content (AvgIpc) is 3.38. The highest BCUT2D eigenvalue weighted by atomic mass is 35.5. The number of fused-ring (bicyclic) bond motifs is 1. The number of carbonyl (C=O) groups is 1. The number of nitrogens with one attached hydrogen (secondary N) is 1. The number of amides is 1. The average molecular weight is 437 g/mol. The molecule has 0 unspecified atom stereocenters. The molecule has 6 nitrogen and oxygen atoms in total. The Balaban J connectivity index is 1.61. The predicted molar refractivity (Wildman–Crippen MR) is 115 cm³/mol. The van der Waals surface area contributed by atoms with Gasteiger partial charge in [-0.15, -0.1) is 0 Å². The number of nitrogens with zero attached hydrogens (tertiary/aromatic N) is 3. The maximum absolute atomic E-state index is 13.4. The van der Waals surface area contributed by atoms with Gasteiger partial charge in [0.2, 0.25) is 0 Å². The van der Waals surface area contributed by atoms with Gasteiger partial charge in [-0.3, -0.25) is 4.79 Å². The third-order valence-corrected chi connectivity index (χ3v) is 5.68. The van der Waals surface area contributed by atoms with E-state index in [1.54, 1.807) is 40.1 Å². The maximum atomic E-state index is 13.4. The quantitative estimate of drug-likeness (QED) is 0.469. The van der Waals surface area contributed by atoms with Crippen LogP contribution in [0.25, 0.3) is 5.69 Å². The Bertz CT molecular complexity index is 1250. The number of para-hydroxylation sites is 1. The number of aromatic nitrogens is 2. The first-order valence-electron chi connectivity index (χ1n) is 9.73. The zero-order chi connectivity index (χ0) is 21.5. The highest BCUT2D eigenvalue weighted by molar-refractivity contribution is 6.30. The van der Waals surface area contributed by atoms with E-state index in [0.717, 1.165) is 5.69 Å². The number of hydrogen-bond acceptors (Lipinski definition) is 4. The highest BCUT2D eigenvalue weighted by Gasteiger charge is 2.37. The minimum Gasteiger partial charge on any atom is -0.467 e. The highest BCUT2D eigenvalue weighted by Crippen LogP contribution is 2.39. The topological polar surface area (TPSA) is 63.3 Å². The van der Waals surface area contributed by atoms with Crippen molar-refractivity contribution in [3.8, 4) is 5.69 Å². The van der Waals surface area contributed by atoms with Gasteiger partial charge >= 0.3 is 0 Å². The van der Waals surface area contributed by atoms with Crippen LogP contribution in [0.1, 0.15) is 33.5 Å². The van der Waals surface area contributed by atoms with Crippen LogP contribution in [0.4, 0.5) is 10.1 Å². The van der Waals surface area contributed by atoms with Gasteiger partial charge in [-0.25, -0.2) is 9.07 Å². The Labute approximate surface area is 182 Å². The predicted octanol–water partition coefficient (Wildman–Crippen LogP) is 5.33. The van der Waals surface area contributed by atoms with Crippen LogP contribution < -0.4 is 5.32 Å². The second-order valence-electron chi connectivity index (χ2n) is 7.28. The molecule has 0 fully saturated rings.